The van der Waals surface area contributed by atoms with Crippen molar-refractivity contribution in [2.45, 2.75) is 65.2 Å². The Morgan fingerprint density at radius 2 is 1.81 bits per heavy atom. The number of carbonyl (C=O) groups excluding carboxylic acids is 3. The minimum absolute atomic E-state index is 0.0589. The lowest BCUT2D eigenvalue weighted by molar-refractivity contribution is -0.0418. The Kier molecular flexibility index (Phi) is 9.85. The van der Waals surface area contributed by atoms with Crippen LogP contribution in [0.3, 0.4) is 0 Å². The van der Waals surface area contributed by atoms with E-state index in [-0.39, 0.29) is 42.4 Å². The van der Waals surface area contributed by atoms with Gasteiger partial charge in [-0.05, 0) is 59.7 Å². The highest BCUT2D eigenvalue weighted by Gasteiger charge is 2.38. The summed E-state index contributed by atoms with van der Waals surface area (Å²) in [6.07, 6.45) is 2.16. The number of carbonyl (C=O) groups is 3. The molecule has 1 atom stereocenters. The van der Waals surface area contributed by atoms with E-state index in [1.165, 1.54) is 25.4 Å². The molecule has 258 valence electrons. The van der Waals surface area contributed by atoms with Crippen LogP contribution in [-0.4, -0.2) is 95.1 Å². The number of hydrogen-bond donors (Lipinski definition) is 2. The van der Waals surface area contributed by atoms with Gasteiger partial charge < -0.3 is 34.0 Å². The molecule has 0 aliphatic carbocycles. The first-order valence-electron chi connectivity index (χ1n) is 15.7. The van der Waals surface area contributed by atoms with Gasteiger partial charge in [-0.2, -0.15) is 0 Å². The Bertz CT molecular complexity index is 1680. The zero-order valence-corrected chi connectivity index (χ0v) is 28.3. The van der Waals surface area contributed by atoms with E-state index in [4.69, 9.17) is 23.7 Å². The largest absolute Gasteiger partial charge is 0.492 e. The fraction of sp³-hybridized carbons (Fsp3) is 0.471. The summed E-state index contributed by atoms with van der Waals surface area (Å²) < 4.78 is 43.2. The summed E-state index contributed by atoms with van der Waals surface area (Å²) in [7, 11) is 1.34. The maximum absolute atomic E-state index is 14.8. The zero-order valence-electron chi connectivity index (χ0n) is 28.3. The quantitative estimate of drug-likeness (QED) is 0.312. The van der Waals surface area contributed by atoms with Crippen LogP contribution < -0.4 is 14.8 Å². The number of pyridine rings is 1. The highest BCUT2D eigenvalue weighted by Crippen LogP contribution is 2.43. The lowest BCUT2D eigenvalue weighted by Gasteiger charge is -2.36. The molecule has 3 aromatic rings. The number of morpholine rings is 1. The number of aromatic nitrogens is 2. The van der Waals surface area contributed by atoms with E-state index in [0.29, 0.717) is 42.3 Å². The highest BCUT2D eigenvalue weighted by atomic mass is 19.1. The number of benzene rings is 1. The number of ether oxygens (including phenoxy) is 5. The summed E-state index contributed by atoms with van der Waals surface area (Å²) in [6.45, 7) is 11.7. The van der Waals surface area contributed by atoms with Crippen molar-refractivity contribution in [3.05, 3.63) is 53.7 Å². The molecule has 14 heteroatoms. The van der Waals surface area contributed by atoms with E-state index in [2.05, 4.69) is 15.3 Å². The minimum atomic E-state index is -0.817. The Morgan fingerprint density at radius 3 is 2.52 bits per heavy atom. The van der Waals surface area contributed by atoms with Crippen LogP contribution >= 0.6 is 0 Å². The first kappa shape index (κ1) is 34.5. The van der Waals surface area contributed by atoms with Crippen LogP contribution in [0.15, 0.2) is 36.7 Å². The number of nitrogens with one attached hydrogen (secondary N) is 2. The summed E-state index contributed by atoms with van der Waals surface area (Å²) in [6, 6.07) is 5.65. The molecular weight excluding hydrogens is 625 g/mol. The lowest BCUT2D eigenvalue weighted by atomic mass is 10.0. The van der Waals surface area contributed by atoms with Crippen LogP contribution in [0.4, 0.5) is 25.4 Å². The van der Waals surface area contributed by atoms with Crippen molar-refractivity contribution in [3.8, 4) is 22.8 Å². The van der Waals surface area contributed by atoms with Crippen molar-refractivity contribution in [1.82, 2.24) is 19.8 Å². The van der Waals surface area contributed by atoms with Crippen LogP contribution in [0, 0.1) is 5.82 Å². The number of anilines is 2. The third-order valence-corrected chi connectivity index (χ3v) is 7.51. The average molecular weight is 668 g/mol. The van der Waals surface area contributed by atoms with Gasteiger partial charge in [-0.1, -0.05) is 6.07 Å². The molecular formula is C34H42FN5O8. The molecule has 0 spiro atoms. The summed E-state index contributed by atoms with van der Waals surface area (Å²) in [5.74, 6) is -0.907. The number of para-hydroxylation sites is 1. The molecule has 1 saturated heterocycles. The SMILES string of the molecule is COc1c(F)cccc1Nc1c(-c2ccncc2OC[C@H]2COCCN2C(=O)OC(C)(C)C)[nH]c2c1C(=O)N(C(=O)OC(C)(C)C)CC2. The van der Waals surface area contributed by atoms with E-state index in [1.807, 2.05) is 0 Å². The number of amides is 3. The number of rotatable bonds is 7. The highest BCUT2D eigenvalue weighted by molar-refractivity contribution is 6.11. The monoisotopic (exact) mass is 667 g/mol. The number of H-pyrrole nitrogens is 1. The van der Waals surface area contributed by atoms with Gasteiger partial charge in [-0.3, -0.25) is 14.7 Å². The van der Waals surface area contributed by atoms with Gasteiger partial charge in [0.25, 0.3) is 5.91 Å². The second-order valence-corrected chi connectivity index (χ2v) is 13.4. The Hall–Kier alpha value is -4.85. The Morgan fingerprint density at radius 1 is 1.08 bits per heavy atom. The molecule has 5 rings (SSSR count). The Labute approximate surface area is 278 Å². The van der Waals surface area contributed by atoms with Gasteiger partial charge >= 0.3 is 12.2 Å². The van der Waals surface area contributed by atoms with E-state index >= 15 is 0 Å². The van der Waals surface area contributed by atoms with Gasteiger partial charge in [0.1, 0.15) is 23.6 Å². The van der Waals surface area contributed by atoms with Crippen molar-refractivity contribution >= 4 is 29.5 Å². The summed E-state index contributed by atoms with van der Waals surface area (Å²) in [5, 5.41) is 3.19. The third-order valence-electron chi connectivity index (χ3n) is 7.51. The summed E-state index contributed by atoms with van der Waals surface area (Å²) >= 11 is 0. The standard InChI is InChI=1S/C34H42FN5O8/c1-33(2,3)47-31(42)39-15-16-45-18-20(39)19-46-25-17-36-13-11-21(25)27-28(38-24-10-8-9-22(35)29(24)44-7)26-23(37-27)12-14-40(30(26)41)32(43)48-34(4,5)6/h8-11,13,17,20,37-38H,12,14-16,18-19H2,1-7H3/t20-/m1/s1. The molecule has 0 saturated carbocycles. The average Bonchev–Trinajstić information content (AvgIpc) is 3.37. The van der Waals surface area contributed by atoms with Gasteiger partial charge in [0.05, 0.1) is 55.2 Å². The van der Waals surface area contributed by atoms with Crippen molar-refractivity contribution in [2.75, 3.05) is 45.3 Å². The Balaban J connectivity index is 1.53. The van der Waals surface area contributed by atoms with E-state index < -0.39 is 41.2 Å². The molecule has 0 bridgehead atoms. The van der Waals surface area contributed by atoms with E-state index in [0.717, 1.165) is 4.90 Å². The first-order valence-corrected chi connectivity index (χ1v) is 15.7. The number of imide groups is 1. The predicted octanol–water partition coefficient (Wildman–Crippen LogP) is 5.92. The fourth-order valence-electron chi connectivity index (χ4n) is 5.44. The minimum Gasteiger partial charge on any atom is -0.492 e. The maximum Gasteiger partial charge on any atom is 0.417 e. The molecule has 48 heavy (non-hydrogen) atoms. The molecule has 1 fully saturated rings. The summed E-state index contributed by atoms with van der Waals surface area (Å²) in [5.41, 5.74) is 0.754. The van der Waals surface area contributed by atoms with E-state index in [1.54, 1.807) is 64.8 Å². The first-order chi connectivity index (χ1) is 22.7. The van der Waals surface area contributed by atoms with Gasteiger partial charge in [0, 0.05) is 37.0 Å². The van der Waals surface area contributed by atoms with Crippen molar-refractivity contribution < 1.29 is 42.5 Å². The third kappa shape index (κ3) is 7.64. The molecule has 2 aromatic heterocycles. The maximum atomic E-state index is 14.8. The molecule has 2 aliphatic heterocycles. The van der Waals surface area contributed by atoms with Gasteiger partial charge in [0.15, 0.2) is 11.6 Å². The van der Waals surface area contributed by atoms with Crippen LogP contribution in [0.2, 0.25) is 0 Å². The number of nitrogens with zero attached hydrogens (tertiary/aromatic N) is 3. The van der Waals surface area contributed by atoms with Gasteiger partial charge in [-0.15, -0.1) is 0 Å². The van der Waals surface area contributed by atoms with Gasteiger partial charge in [0.2, 0.25) is 0 Å². The van der Waals surface area contributed by atoms with Crippen molar-refractivity contribution in [1.29, 1.82) is 0 Å². The smallest absolute Gasteiger partial charge is 0.417 e. The van der Waals surface area contributed by atoms with Crippen molar-refractivity contribution in [2.24, 2.45) is 0 Å². The fourth-order valence-corrected chi connectivity index (χ4v) is 5.44. The van der Waals surface area contributed by atoms with E-state index in [9.17, 15) is 18.8 Å². The van der Waals surface area contributed by atoms with Crippen LogP contribution in [0.5, 0.6) is 11.5 Å². The number of methoxy groups -OCH3 is 1. The molecule has 0 unspecified atom stereocenters. The zero-order chi connectivity index (χ0) is 34.8. The van der Waals surface area contributed by atoms with Crippen molar-refractivity contribution in [3.63, 3.8) is 0 Å². The molecule has 13 nitrogen and oxygen atoms in total. The molecule has 1 aromatic carbocycles. The summed E-state index contributed by atoms with van der Waals surface area (Å²) in [4.78, 5) is 50.3. The van der Waals surface area contributed by atoms with Crippen LogP contribution in [0.1, 0.15) is 57.6 Å². The number of aromatic amines is 1. The van der Waals surface area contributed by atoms with Crippen LogP contribution in [0.25, 0.3) is 11.3 Å². The number of fused-ring (bicyclic) bond motifs is 1. The second-order valence-electron chi connectivity index (χ2n) is 13.4. The topological polar surface area (TPSA) is 145 Å². The van der Waals surface area contributed by atoms with Gasteiger partial charge in [-0.25, -0.2) is 18.9 Å². The number of halogens is 1. The molecule has 3 amide bonds. The molecule has 0 radical (unpaired) electrons. The molecule has 2 N–H and O–H groups in total. The predicted molar refractivity (Wildman–Crippen MR) is 174 cm³/mol. The molecule has 4 heterocycles. The lowest BCUT2D eigenvalue weighted by Crippen LogP contribution is -2.52. The normalized spacial score (nSPS) is 16.7. The molecule has 2 aliphatic rings. The second kappa shape index (κ2) is 13.7. The number of hydrogen-bond acceptors (Lipinski definition) is 10. The van der Waals surface area contributed by atoms with Crippen LogP contribution in [-0.2, 0) is 20.6 Å².